The first-order valence-electron chi connectivity index (χ1n) is 7.70. The zero-order chi connectivity index (χ0) is 14.5. The van der Waals surface area contributed by atoms with Gasteiger partial charge in [0.25, 0.3) is 5.91 Å². The van der Waals surface area contributed by atoms with E-state index in [1.165, 1.54) is 12.8 Å². The minimum Gasteiger partial charge on any atom is -0.349 e. The Morgan fingerprint density at radius 1 is 1.20 bits per heavy atom. The molecular formula is C17H26N2O. The first kappa shape index (κ1) is 15.0. The lowest BCUT2D eigenvalue weighted by molar-refractivity contribution is 0.0918. The van der Waals surface area contributed by atoms with Gasteiger partial charge in [-0.25, -0.2) is 0 Å². The van der Waals surface area contributed by atoms with E-state index in [9.17, 15) is 4.79 Å². The van der Waals surface area contributed by atoms with Gasteiger partial charge in [0.1, 0.15) is 0 Å². The lowest BCUT2D eigenvalue weighted by Gasteiger charge is -2.31. The number of nitrogens with one attached hydrogen (secondary N) is 1. The average Bonchev–Trinajstić information content (AvgIpc) is 2.48. The van der Waals surface area contributed by atoms with E-state index in [0.717, 1.165) is 35.8 Å². The van der Waals surface area contributed by atoms with E-state index in [1.807, 2.05) is 24.3 Å². The molecule has 1 aromatic rings. The molecule has 0 aliphatic heterocycles. The number of hydrogen-bond donors (Lipinski definition) is 2. The molecular weight excluding hydrogens is 248 g/mol. The van der Waals surface area contributed by atoms with Gasteiger partial charge in [-0.3, -0.25) is 4.79 Å². The maximum atomic E-state index is 12.2. The molecule has 3 heteroatoms. The van der Waals surface area contributed by atoms with Crippen molar-refractivity contribution in [3.8, 4) is 0 Å². The van der Waals surface area contributed by atoms with Crippen LogP contribution in [0.2, 0.25) is 0 Å². The van der Waals surface area contributed by atoms with Crippen molar-refractivity contribution in [3.05, 3.63) is 35.4 Å². The van der Waals surface area contributed by atoms with Crippen LogP contribution in [0.25, 0.3) is 0 Å². The summed E-state index contributed by atoms with van der Waals surface area (Å²) in [6, 6.07) is 7.90. The number of hydrogen-bond acceptors (Lipinski definition) is 2. The Hall–Kier alpha value is -1.35. The van der Waals surface area contributed by atoms with Crippen LogP contribution in [0.4, 0.5) is 0 Å². The van der Waals surface area contributed by atoms with Gasteiger partial charge in [-0.1, -0.05) is 26.0 Å². The van der Waals surface area contributed by atoms with E-state index < -0.39 is 0 Å². The minimum absolute atomic E-state index is 0.0431. The second-order valence-corrected chi connectivity index (χ2v) is 6.23. The van der Waals surface area contributed by atoms with Crippen molar-refractivity contribution in [2.75, 3.05) is 0 Å². The van der Waals surface area contributed by atoms with Gasteiger partial charge in [0.2, 0.25) is 0 Å². The SMILES string of the molecule is CC(C)C1CCC(NC(=O)c2ccc(CN)cc2)CC1. The quantitative estimate of drug-likeness (QED) is 0.886. The van der Waals surface area contributed by atoms with Gasteiger partial charge in [0, 0.05) is 18.2 Å². The fourth-order valence-corrected chi connectivity index (χ4v) is 2.99. The van der Waals surface area contributed by atoms with Crippen LogP contribution in [0.1, 0.15) is 55.5 Å². The highest BCUT2D eigenvalue weighted by atomic mass is 16.1. The molecule has 0 aromatic heterocycles. The fraction of sp³-hybridized carbons (Fsp3) is 0.588. The van der Waals surface area contributed by atoms with Gasteiger partial charge >= 0.3 is 0 Å². The summed E-state index contributed by atoms with van der Waals surface area (Å²) < 4.78 is 0. The smallest absolute Gasteiger partial charge is 0.251 e. The van der Waals surface area contributed by atoms with Crippen molar-refractivity contribution in [3.63, 3.8) is 0 Å². The highest BCUT2D eigenvalue weighted by molar-refractivity contribution is 5.94. The largest absolute Gasteiger partial charge is 0.349 e. The molecule has 1 saturated carbocycles. The van der Waals surface area contributed by atoms with Crippen LogP contribution in [0, 0.1) is 11.8 Å². The molecule has 1 aliphatic carbocycles. The van der Waals surface area contributed by atoms with Gasteiger partial charge < -0.3 is 11.1 Å². The lowest BCUT2D eigenvalue weighted by Crippen LogP contribution is -2.38. The van der Waals surface area contributed by atoms with Crippen LogP contribution >= 0.6 is 0 Å². The summed E-state index contributed by atoms with van der Waals surface area (Å²) in [7, 11) is 0. The molecule has 1 fully saturated rings. The summed E-state index contributed by atoms with van der Waals surface area (Å²) in [6.45, 7) is 5.10. The van der Waals surface area contributed by atoms with Crippen LogP contribution in [0.3, 0.4) is 0 Å². The van der Waals surface area contributed by atoms with Crippen molar-refractivity contribution in [2.45, 2.75) is 52.1 Å². The fourth-order valence-electron chi connectivity index (χ4n) is 2.99. The van der Waals surface area contributed by atoms with Crippen molar-refractivity contribution >= 4 is 5.91 Å². The molecule has 2 rings (SSSR count). The highest BCUT2D eigenvalue weighted by Gasteiger charge is 2.24. The van der Waals surface area contributed by atoms with Gasteiger partial charge in [-0.15, -0.1) is 0 Å². The number of carbonyl (C=O) groups is 1. The number of benzene rings is 1. The molecule has 3 nitrogen and oxygen atoms in total. The first-order chi connectivity index (χ1) is 9.60. The molecule has 0 bridgehead atoms. The van der Waals surface area contributed by atoms with Crippen molar-refractivity contribution in [2.24, 2.45) is 17.6 Å². The van der Waals surface area contributed by atoms with Gasteiger partial charge in [-0.2, -0.15) is 0 Å². The monoisotopic (exact) mass is 274 g/mol. The molecule has 110 valence electrons. The summed E-state index contributed by atoms with van der Waals surface area (Å²) in [4.78, 5) is 12.2. The van der Waals surface area contributed by atoms with Crippen molar-refractivity contribution in [1.82, 2.24) is 5.32 Å². The standard InChI is InChI=1S/C17H26N2O/c1-12(2)14-7-9-16(10-8-14)19-17(20)15-5-3-13(11-18)4-6-15/h3-6,12,14,16H,7-11,18H2,1-2H3,(H,19,20). The lowest BCUT2D eigenvalue weighted by atomic mass is 9.79. The summed E-state index contributed by atoms with van der Waals surface area (Å²) in [6.07, 6.45) is 4.67. The molecule has 1 aliphatic rings. The first-order valence-corrected chi connectivity index (χ1v) is 7.70. The number of carbonyl (C=O) groups excluding carboxylic acids is 1. The normalized spacial score (nSPS) is 22.8. The molecule has 0 radical (unpaired) electrons. The third-order valence-electron chi connectivity index (χ3n) is 4.50. The Labute approximate surface area is 121 Å². The number of nitrogens with two attached hydrogens (primary N) is 1. The molecule has 3 N–H and O–H groups in total. The molecule has 0 saturated heterocycles. The molecule has 0 unspecified atom stereocenters. The average molecular weight is 274 g/mol. The molecule has 1 amide bonds. The molecule has 0 atom stereocenters. The molecule has 1 aromatic carbocycles. The summed E-state index contributed by atoms with van der Waals surface area (Å²) >= 11 is 0. The summed E-state index contributed by atoms with van der Waals surface area (Å²) in [5, 5.41) is 3.16. The van der Waals surface area contributed by atoms with Gasteiger partial charge in [0.15, 0.2) is 0 Å². The van der Waals surface area contributed by atoms with Crippen molar-refractivity contribution in [1.29, 1.82) is 0 Å². The molecule has 0 heterocycles. The highest BCUT2D eigenvalue weighted by Crippen LogP contribution is 2.29. The van der Waals surface area contributed by atoms with Crippen molar-refractivity contribution < 1.29 is 4.79 Å². The second-order valence-electron chi connectivity index (χ2n) is 6.23. The van der Waals surface area contributed by atoms with E-state index in [4.69, 9.17) is 5.73 Å². The maximum absolute atomic E-state index is 12.2. The predicted molar refractivity (Wildman–Crippen MR) is 82.4 cm³/mol. The Morgan fingerprint density at radius 3 is 2.30 bits per heavy atom. The third kappa shape index (κ3) is 3.83. The Morgan fingerprint density at radius 2 is 1.80 bits per heavy atom. The van der Waals surface area contributed by atoms with Crippen LogP contribution < -0.4 is 11.1 Å². The number of rotatable bonds is 4. The summed E-state index contributed by atoms with van der Waals surface area (Å²) in [5.41, 5.74) is 7.35. The summed E-state index contributed by atoms with van der Waals surface area (Å²) in [5.74, 6) is 1.63. The third-order valence-corrected chi connectivity index (χ3v) is 4.50. The van der Waals surface area contributed by atoms with E-state index >= 15 is 0 Å². The topological polar surface area (TPSA) is 55.1 Å². The van der Waals surface area contributed by atoms with Crippen LogP contribution in [-0.2, 0) is 6.54 Å². The van der Waals surface area contributed by atoms with Crippen LogP contribution in [0.15, 0.2) is 24.3 Å². The van der Waals surface area contributed by atoms with E-state index in [0.29, 0.717) is 12.6 Å². The van der Waals surface area contributed by atoms with Gasteiger partial charge in [-0.05, 0) is 55.2 Å². The van der Waals surface area contributed by atoms with E-state index in [2.05, 4.69) is 19.2 Å². The Balaban J connectivity index is 1.85. The van der Waals surface area contributed by atoms with Crippen LogP contribution in [-0.4, -0.2) is 11.9 Å². The second kappa shape index (κ2) is 6.89. The van der Waals surface area contributed by atoms with E-state index in [1.54, 1.807) is 0 Å². The van der Waals surface area contributed by atoms with Crippen LogP contribution in [0.5, 0.6) is 0 Å². The predicted octanol–water partition coefficient (Wildman–Crippen LogP) is 3.09. The Bertz CT molecular complexity index is 431. The zero-order valence-corrected chi connectivity index (χ0v) is 12.6. The Kier molecular flexibility index (Phi) is 5.18. The molecule has 20 heavy (non-hydrogen) atoms. The number of amides is 1. The minimum atomic E-state index is 0.0431. The zero-order valence-electron chi connectivity index (χ0n) is 12.6. The van der Waals surface area contributed by atoms with E-state index in [-0.39, 0.29) is 5.91 Å². The maximum Gasteiger partial charge on any atom is 0.251 e. The van der Waals surface area contributed by atoms with Gasteiger partial charge in [0.05, 0.1) is 0 Å². The molecule has 0 spiro atoms.